The second-order valence-electron chi connectivity index (χ2n) is 9.48. The molecule has 0 amide bonds. The van der Waals surface area contributed by atoms with E-state index in [1.165, 1.54) is 67.4 Å². The molecular formula is C24H35N5S2. The van der Waals surface area contributed by atoms with Gasteiger partial charge in [0.15, 0.2) is 5.11 Å². The van der Waals surface area contributed by atoms with Crippen LogP contribution < -0.4 is 10.2 Å². The summed E-state index contributed by atoms with van der Waals surface area (Å²) >= 11 is 7.25. The molecule has 0 unspecified atom stereocenters. The second-order valence-corrected chi connectivity index (χ2v) is 10.7. The predicted molar refractivity (Wildman–Crippen MR) is 135 cm³/mol. The van der Waals surface area contributed by atoms with E-state index in [4.69, 9.17) is 16.6 Å². The third kappa shape index (κ3) is 5.15. The number of fused-ring (bicyclic) bond motifs is 1. The van der Waals surface area contributed by atoms with Crippen molar-refractivity contribution >= 4 is 44.8 Å². The van der Waals surface area contributed by atoms with Crippen molar-refractivity contribution in [1.29, 1.82) is 0 Å². The molecule has 3 fully saturated rings. The van der Waals surface area contributed by atoms with Gasteiger partial charge in [-0.15, -0.1) is 0 Å². The quantitative estimate of drug-likeness (QED) is 0.673. The average Bonchev–Trinajstić information content (AvgIpc) is 3.49. The molecule has 1 aliphatic carbocycles. The van der Waals surface area contributed by atoms with Crippen LogP contribution in [0.15, 0.2) is 24.3 Å². The zero-order chi connectivity index (χ0) is 21.0. The van der Waals surface area contributed by atoms with Gasteiger partial charge in [-0.25, -0.2) is 0 Å². The largest absolute Gasteiger partial charge is 0.360 e. The topological polar surface area (TPSA) is 34.6 Å². The molecule has 7 heteroatoms. The van der Waals surface area contributed by atoms with E-state index in [0.29, 0.717) is 6.04 Å². The number of rotatable bonds is 5. The Bertz CT molecular complexity index is 862. The van der Waals surface area contributed by atoms with Gasteiger partial charge < -0.3 is 15.1 Å². The van der Waals surface area contributed by atoms with Gasteiger partial charge in [0.2, 0.25) is 0 Å². The molecule has 0 spiro atoms. The molecule has 1 N–H and O–H groups in total. The van der Waals surface area contributed by atoms with Crippen LogP contribution in [0.5, 0.6) is 0 Å². The van der Waals surface area contributed by atoms with Crippen LogP contribution in [-0.2, 0) is 0 Å². The van der Waals surface area contributed by atoms with Gasteiger partial charge in [-0.05, 0) is 93.3 Å². The molecule has 1 aromatic carbocycles. The summed E-state index contributed by atoms with van der Waals surface area (Å²) in [5.41, 5.74) is 0. The molecule has 0 atom stereocenters. The number of piperazine rings is 1. The van der Waals surface area contributed by atoms with E-state index in [1.807, 2.05) is 0 Å². The van der Waals surface area contributed by atoms with Crippen molar-refractivity contribution in [2.75, 3.05) is 50.7 Å². The highest BCUT2D eigenvalue weighted by molar-refractivity contribution is 7.80. The molecule has 3 heterocycles. The van der Waals surface area contributed by atoms with Crippen molar-refractivity contribution in [3.8, 4) is 0 Å². The number of nitrogens with zero attached hydrogens (tertiary/aromatic N) is 4. The summed E-state index contributed by atoms with van der Waals surface area (Å²) in [6.45, 7) is 8.05. The van der Waals surface area contributed by atoms with Crippen LogP contribution in [-0.4, -0.2) is 71.1 Å². The number of hydrogen-bond donors (Lipinski definition) is 1. The van der Waals surface area contributed by atoms with Crippen molar-refractivity contribution in [2.24, 2.45) is 5.92 Å². The Morgan fingerprint density at radius 1 is 1.00 bits per heavy atom. The normalized spacial score (nSPS) is 25.3. The molecule has 5 rings (SSSR count). The summed E-state index contributed by atoms with van der Waals surface area (Å²) in [7, 11) is 0. The maximum Gasteiger partial charge on any atom is 0.169 e. The summed E-state index contributed by atoms with van der Waals surface area (Å²) < 4.78 is 6.04. The van der Waals surface area contributed by atoms with Crippen molar-refractivity contribution in [3.63, 3.8) is 0 Å². The number of thiocarbonyl (C=S) groups is 1. The molecule has 2 saturated heterocycles. The first-order valence-corrected chi connectivity index (χ1v) is 13.3. The van der Waals surface area contributed by atoms with E-state index in [1.54, 1.807) is 11.5 Å². The molecule has 2 aliphatic heterocycles. The maximum absolute atomic E-state index is 5.63. The molecular weight excluding hydrogens is 422 g/mol. The SMILES string of the molecule is S=C(NC1CCC(CCN2CCN(c3nsc4ccccc34)CC2)CC1)N1CCCC1. The van der Waals surface area contributed by atoms with E-state index in [0.717, 1.165) is 50.3 Å². The molecule has 31 heavy (non-hydrogen) atoms. The minimum Gasteiger partial charge on any atom is -0.360 e. The van der Waals surface area contributed by atoms with Crippen molar-refractivity contribution in [2.45, 2.75) is 51.0 Å². The third-order valence-corrected chi connectivity index (χ3v) is 8.64. The second kappa shape index (κ2) is 10.0. The monoisotopic (exact) mass is 457 g/mol. The van der Waals surface area contributed by atoms with Gasteiger partial charge in [0.1, 0.15) is 5.82 Å². The Hall–Kier alpha value is -1.44. The maximum atomic E-state index is 5.63. The van der Waals surface area contributed by atoms with Crippen molar-refractivity contribution in [3.05, 3.63) is 24.3 Å². The van der Waals surface area contributed by atoms with Gasteiger partial charge in [-0.3, -0.25) is 4.90 Å². The van der Waals surface area contributed by atoms with Crippen LogP contribution >= 0.6 is 23.8 Å². The first kappa shape index (κ1) is 21.4. The van der Waals surface area contributed by atoms with Gasteiger partial charge in [0, 0.05) is 50.7 Å². The number of nitrogens with one attached hydrogen (secondary N) is 1. The van der Waals surface area contributed by atoms with Crippen LogP contribution in [0.1, 0.15) is 44.9 Å². The predicted octanol–water partition coefficient (Wildman–Crippen LogP) is 4.34. The number of anilines is 1. The van der Waals surface area contributed by atoms with Crippen LogP contribution in [0.3, 0.4) is 0 Å². The Balaban J connectivity index is 1.02. The molecule has 2 aromatic rings. The van der Waals surface area contributed by atoms with E-state index in [2.05, 4.69) is 44.3 Å². The van der Waals surface area contributed by atoms with Gasteiger partial charge >= 0.3 is 0 Å². The Morgan fingerprint density at radius 3 is 2.52 bits per heavy atom. The smallest absolute Gasteiger partial charge is 0.169 e. The minimum atomic E-state index is 0.598. The fourth-order valence-corrected chi connectivity index (χ4v) is 6.58. The average molecular weight is 458 g/mol. The van der Waals surface area contributed by atoms with E-state index in [-0.39, 0.29) is 0 Å². The first-order valence-electron chi connectivity index (χ1n) is 12.1. The van der Waals surface area contributed by atoms with Crippen LogP contribution in [0, 0.1) is 5.92 Å². The number of likely N-dealkylation sites (tertiary alicyclic amines) is 1. The minimum absolute atomic E-state index is 0.598. The summed E-state index contributed by atoms with van der Waals surface area (Å²) in [5, 5.41) is 5.98. The standard InChI is InChI=1S/C24H35N5S2/c30-24(29-12-3-4-13-29)25-20-9-7-19(8-10-20)11-14-27-15-17-28(18-16-27)23-21-5-1-2-6-22(21)31-26-23/h1-2,5-6,19-20H,3-4,7-18H2,(H,25,30). The van der Waals surface area contributed by atoms with Gasteiger partial charge in [0.05, 0.1) is 4.70 Å². The summed E-state index contributed by atoms with van der Waals surface area (Å²) in [5.74, 6) is 2.08. The van der Waals surface area contributed by atoms with Crippen LogP contribution in [0.25, 0.3) is 10.1 Å². The Morgan fingerprint density at radius 2 is 1.74 bits per heavy atom. The highest BCUT2D eigenvalue weighted by Crippen LogP contribution is 2.30. The summed E-state index contributed by atoms with van der Waals surface area (Å²) in [6, 6.07) is 9.22. The fraction of sp³-hybridized carbons (Fsp3) is 0.667. The third-order valence-electron chi connectivity index (χ3n) is 7.45. The Kier molecular flexibility index (Phi) is 6.91. The number of hydrogen-bond acceptors (Lipinski definition) is 5. The van der Waals surface area contributed by atoms with Crippen LogP contribution in [0.4, 0.5) is 5.82 Å². The molecule has 0 bridgehead atoms. The number of benzene rings is 1. The van der Waals surface area contributed by atoms with Gasteiger partial charge in [-0.1, -0.05) is 12.1 Å². The highest BCUT2D eigenvalue weighted by atomic mass is 32.1. The first-order chi connectivity index (χ1) is 15.3. The number of aromatic nitrogens is 1. The lowest BCUT2D eigenvalue weighted by molar-refractivity contribution is 0.213. The lowest BCUT2D eigenvalue weighted by Gasteiger charge is -2.36. The van der Waals surface area contributed by atoms with Crippen molar-refractivity contribution in [1.82, 2.24) is 19.5 Å². The van der Waals surface area contributed by atoms with Gasteiger partial charge in [0.25, 0.3) is 0 Å². The van der Waals surface area contributed by atoms with Crippen LogP contribution in [0.2, 0.25) is 0 Å². The zero-order valence-electron chi connectivity index (χ0n) is 18.5. The molecule has 5 nitrogen and oxygen atoms in total. The summed E-state index contributed by atoms with van der Waals surface area (Å²) in [6.07, 6.45) is 9.21. The molecule has 1 saturated carbocycles. The summed E-state index contributed by atoms with van der Waals surface area (Å²) in [4.78, 5) is 7.50. The zero-order valence-corrected chi connectivity index (χ0v) is 20.1. The van der Waals surface area contributed by atoms with E-state index in [9.17, 15) is 0 Å². The van der Waals surface area contributed by atoms with E-state index < -0.39 is 0 Å². The molecule has 3 aliphatic rings. The lowest BCUT2D eigenvalue weighted by atomic mass is 9.84. The lowest BCUT2D eigenvalue weighted by Crippen LogP contribution is -2.47. The molecule has 1 aromatic heterocycles. The molecule has 168 valence electrons. The highest BCUT2D eigenvalue weighted by Gasteiger charge is 2.25. The fourth-order valence-electron chi connectivity index (χ4n) is 5.43. The Labute approximate surface area is 195 Å². The van der Waals surface area contributed by atoms with Gasteiger partial charge in [-0.2, -0.15) is 4.37 Å². The molecule has 0 radical (unpaired) electrons. The van der Waals surface area contributed by atoms with Crippen molar-refractivity contribution < 1.29 is 0 Å². The van der Waals surface area contributed by atoms with E-state index >= 15 is 0 Å².